The number of nitrogens with one attached hydrogen (secondary N) is 1. The second-order valence-corrected chi connectivity index (χ2v) is 6.88. The molecule has 0 radical (unpaired) electrons. The summed E-state index contributed by atoms with van der Waals surface area (Å²) >= 11 is 2.85. The lowest BCUT2D eigenvalue weighted by molar-refractivity contribution is 0.419. The van der Waals surface area contributed by atoms with Crippen LogP contribution in [0.15, 0.2) is 42.5 Å². The predicted molar refractivity (Wildman–Crippen MR) is 94.8 cm³/mol. The van der Waals surface area contributed by atoms with Crippen LogP contribution in [-0.2, 0) is 0 Å². The van der Waals surface area contributed by atoms with Crippen molar-refractivity contribution < 1.29 is 9.13 Å². The fourth-order valence-electron chi connectivity index (χ4n) is 2.24. The van der Waals surface area contributed by atoms with Crippen molar-refractivity contribution in [2.75, 3.05) is 12.4 Å². The molecule has 0 bridgehead atoms. The summed E-state index contributed by atoms with van der Waals surface area (Å²) in [6.07, 6.45) is 0. The van der Waals surface area contributed by atoms with E-state index in [-0.39, 0.29) is 5.82 Å². The summed E-state index contributed by atoms with van der Waals surface area (Å²) in [5, 5.41) is 13.3. The molecule has 0 saturated carbocycles. The van der Waals surface area contributed by atoms with Gasteiger partial charge in [-0.1, -0.05) is 40.9 Å². The normalized spacial score (nSPS) is 10.9. The smallest absolute Gasteiger partial charge is 0.212 e. The number of hydrogen-bond acceptors (Lipinski definition) is 7. The number of nitrogens with zero attached hydrogens (tertiary/aromatic N) is 3. The highest BCUT2D eigenvalue weighted by atomic mass is 32.1. The molecular weight excluding hydrogens is 347 g/mol. The van der Waals surface area contributed by atoms with Crippen molar-refractivity contribution in [2.45, 2.75) is 0 Å². The lowest BCUT2D eigenvalue weighted by atomic mass is 10.2. The highest BCUT2D eigenvalue weighted by Crippen LogP contribution is 2.35. The first kappa shape index (κ1) is 15.0. The van der Waals surface area contributed by atoms with Crippen LogP contribution in [0.2, 0.25) is 0 Å². The molecule has 0 amide bonds. The second-order valence-electron chi connectivity index (χ2n) is 4.87. The third-order valence-corrected chi connectivity index (χ3v) is 5.14. The Morgan fingerprint density at radius 2 is 1.92 bits per heavy atom. The monoisotopic (exact) mass is 358 g/mol. The lowest BCUT2D eigenvalue weighted by Gasteiger charge is -1.98. The molecule has 120 valence electrons. The molecule has 5 nitrogen and oxygen atoms in total. The van der Waals surface area contributed by atoms with E-state index in [1.807, 2.05) is 18.2 Å². The first-order valence-electron chi connectivity index (χ1n) is 7.03. The third kappa shape index (κ3) is 2.81. The van der Waals surface area contributed by atoms with Crippen molar-refractivity contribution in [3.05, 3.63) is 48.3 Å². The van der Waals surface area contributed by atoms with Gasteiger partial charge in [-0.15, -0.1) is 10.2 Å². The molecule has 0 aliphatic rings. The number of aromatic nitrogens is 3. The van der Waals surface area contributed by atoms with Gasteiger partial charge in [0.15, 0.2) is 5.13 Å². The fraction of sp³-hybridized carbons (Fsp3) is 0.0625. The maximum absolute atomic E-state index is 13.3. The van der Waals surface area contributed by atoms with E-state index < -0.39 is 0 Å². The number of methoxy groups -OCH3 is 1. The third-order valence-electron chi connectivity index (χ3n) is 3.31. The fourth-order valence-corrected chi connectivity index (χ4v) is 3.93. The standard InChI is InChI=1S/C16H11FN4OS2/c1-22-11-6-3-7-12-13(11)18-15(23-12)19-16-21-20-14(24-16)9-4-2-5-10(17)8-9/h2-8H,1H3,(H,18,19,21). The van der Waals surface area contributed by atoms with Crippen LogP contribution in [0.5, 0.6) is 5.75 Å². The zero-order valence-corrected chi connectivity index (χ0v) is 14.1. The van der Waals surface area contributed by atoms with Crippen LogP contribution in [0.25, 0.3) is 20.8 Å². The maximum Gasteiger partial charge on any atom is 0.212 e. The summed E-state index contributed by atoms with van der Waals surface area (Å²) < 4.78 is 19.7. The van der Waals surface area contributed by atoms with E-state index in [1.54, 1.807) is 19.2 Å². The highest BCUT2D eigenvalue weighted by Gasteiger charge is 2.12. The number of thiazole rings is 1. The molecule has 8 heteroatoms. The average Bonchev–Trinajstić information content (AvgIpc) is 3.21. The SMILES string of the molecule is COc1cccc2sc(Nc3nnc(-c4cccc(F)c4)s3)nc12. The Kier molecular flexibility index (Phi) is 3.83. The van der Waals surface area contributed by atoms with Gasteiger partial charge in [0.25, 0.3) is 0 Å². The van der Waals surface area contributed by atoms with Gasteiger partial charge >= 0.3 is 0 Å². The summed E-state index contributed by atoms with van der Waals surface area (Å²) in [5.74, 6) is 0.435. The van der Waals surface area contributed by atoms with Crippen molar-refractivity contribution in [3.8, 4) is 16.3 Å². The highest BCUT2D eigenvalue weighted by molar-refractivity contribution is 7.23. The van der Waals surface area contributed by atoms with Crippen LogP contribution in [0.3, 0.4) is 0 Å². The van der Waals surface area contributed by atoms with Gasteiger partial charge in [-0.05, 0) is 24.3 Å². The largest absolute Gasteiger partial charge is 0.494 e. The topological polar surface area (TPSA) is 59.9 Å². The first-order valence-corrected chi connectivity index (χ1v) is 8.66. The van der Waals surface area contributed by atoms with Crippen molar-refractivity contribution in [2.24, 2.45) is 0 Å². The van der Waals surface area contributed by atoms with Gasteiger partial charge in [0.05, 0.1) is 11.8 Å². The molecule has 0 aliphatic heterocycles. The van der Waals surface area contributed by atoms with Crippen molar-refractivity contribution in [3.63, 3.8) is 0 Å². The van der Waals surface area contributed by atoms with E-state index >= 15 is 0 Å². The molecule has 1 N–H and O–H groups in total. The van der Waals surface area contributed by atoms with Crippen LogP contribution < -0.4 is 10.1 Å². The van der Waals surface area contributed by atoms with E-state index in [0.717, 1.165) is 16.0 Å². The predicted octanol–water partition coefficient (Wildman–Crippen LogP) is 4.71. The van der Waals surface area contributed by atoms with Crippen LogP contribution in [0.4, 0.5) is 14.7 Å². The second kappa shape index (κ2) is 6.14. The van der Waals surface area contributed by atoms with Crippen LogP contribution in [0.1, 0.15) is 0 Å². The lowest BCUT2D eigenvalue weighted by Crippen LogP contribution is -1.88. The molecule has 2 aromatic heterocycles. The van der Waals surface area contributed by atoms with Gasteiger partial charge in [-0.25, -0.2) is 9.37 Å². The molecule has 2 heterocycles. The Morgan fingerprint density at radius 1 is 1.04 bits per heavy atom. The molecule has 0 saturated heterocycles. The van der Waals surface area contributed by atoms with E-state index in [4.69, 9.17) is 4.74 Å². The number of para-hydroxylation sites is 1. The van der Waals surface area contributed by atoms with Gasteiger partial charge in [0.2, 0.25) is 5.13 Å². The molecule has 0 aliphatic carbocycles. The zero-order valence-electron chi connectivity index (χ0n) is 12.5. The summed E-state index contributed by atoms with van der Waals surface area (Å²) in [5.41, 5.74) is 1.51. The van der Waals surface area contributed by atoms with Gasteiger partial charge in [0, 0.05) is 5.56 Å². The summed E-state index contributed by atoms with van der Waals surface area (Å²) in [6.45, 7) is 0. The molecule has 0 spiro atoms. The zero-order chi connectivity index (χ0) is 16.5. The Bertz CT molecular complexity index is 1010. The van der Waals surface area contributed by atoms with E-state index in [9.17, 15) is 4.39 Å². The van der Waals surface area contributed by atoms with Gasteiger partial charge < -0.3 is 10.1 Å². The molecule has 4 rings (SSSR count). The molecular formula is C16H11FN4OS2. The average molecular weight is 358 g/mol. The molecule has 4 aromatic rings. The number of fused-ring (bicyclic) bond motifs is 1. The Morgan fingerprint density at radius 3 is 2.75 bits per heavy atom. The van der Waals surface area contributed by atoms with Crippen LogP contribution in [0, 0.1) is 5.82 Å². The number of ether oxygens (including phenoxy) is 1. The van der Waals surface area contributed by atoms with E-state index in [2.05, 4.69) is 20.5 Å². The van der Waals surface area contributed by atoms with Gasteiger partial charge in [-0.3, -0.25) is 0 Å². The minimum absolute atomic E-state index is 0.296. The number of anilines is 2. The molecule has 24 heavy (non-hydrogen) atoms. The quantitative estimate of drug-likeness (QED) is 0.573. The van der Waals surface area contributed by atoms with Crippen LogP contribution >= 0.6 is 22.7 Å². The minimum atomic E-state index is -0.296. The Labute approximate surface area is 144 Å². The van der Waals surface area contributed by atoms with E-state index in [0.29, 0.717) is 20.8 Å². The number of halogens is 1. The van der Waals surface area contributed by atoms with Gasteiger partial charge in [-0.2, -0.15) is 0 Å². The summed E-state index contributed by atoms with van der Waals surface area (Å²) in [7, 11) is 1.62. The summed E-state index contributed by atoms with van der Waals surface area (Å²) in [4.78, 5) is 4.54. The van der Waals surface area contributed by atoms with Crippen LogP contribution in [-0.4, -0.2) is 22.3 Å². The van der Waals surface area contributed by atoms with Crippen molar-refractivity contribution in [1.29, 1.82) is 0 Å². The van der Waals surface area contributed by atoms with E-state index in [1.165, 1.54) is 34.8 Å². The minimum Gasteiger partial charge on any atom is -0.494 e. The number of benzene rings is 2. The summed E-state index contributed by atoms with van der Waals surface area (Å²) in [6, 6.07) is 12.1. The number of rotatable bonds is 4. The molecule has 0 unspecified atom stereocenters. The van der Waals surface area contributed by atoms with Crippen molar-refractivity contribution in [1.82, 2.24) is 15.2 Å². The Balaban J connectivity index is 1.62. The molecule has 0 atom stereocenters. The Hall–Kier alpha value is -2.58. The maximum atomic E-state index is 13.3. The molecule has 2 aromatic carbocycles. The number of hydrogen-bond donors (Lipinski definition) is 1. The molecule has 0 fully saturated rings. The van der Waals surface area contributed by atoms with Crippen molar-refractivity contribution >= 4 is 43.2 Å². The first-order chi connectivity index (χ1) is 11.7. The van der Waals surface area contributed by atoms with Gasteiger partial charge in [0.1, 0.15) is 22.1 Å².